The zero-order valence-electron chi connectivity index (χ0n) is 16.2. The number of nitrogens with zero attached hydrogens (tertiary/aromatic N) is 1. The molecule has 2 aromatic rings. The number of hydrogen-bond acceptors (Lipinski definition) is 4. The van der Waals surface area contributed by atoms with Gasteiger partial charge >= 0.3 is 0 Å². The van der Waals surface area contributed by atoms with Gasteiger partial charge in [0.25, 0.3) is 0 Å². The predicted molar refractivity (Wildman–Crippen MR) is 113 cm³/mol. The van der Waals surface area contributed by atoms with Crippen LogP contribution in [0.2, 0.25) is 5.02 Å². The highest BCUT2D eigenvalue weighted by atomic mass is 35.5. The second kappa shape index (κ2) is 9.51. The maximum absolute atomic E-state index is 12.6. The fourth-order valence-electron chi connectivity index (χ4n) is 3.34. The molecule has 1 aliphatic heterocycles. The van der Waals surface area contributed by atoms with Crippen LogP contribution < -0.4 is 14.8 Å². The average molecular weight is 401 g/mol. The Hall–Kier alpha value is -2.66. The number of nitrogens with one attached hydrogen (secondary N) is 1. The van der Waals surface area contributed by atoms with Crippen molar-refractivity contribution in [3.05, 3.63) is 59.1 Å². The van der Waals surface area contributed by atoms with Crippen LogP contribution in [0, 0.1) is 0 Å². The molecule has 2 aromatic carbocycles. The molecule has 0 bridgehead atoms. The molecule has 28 heavy (non-hydrogen) atoms. The van der Waals surface area contributed by atoms with Crippen LogP contribution in [0.3, 0.4) is 0 Å². The van der Waals surface area contributed by atoms with Crippen LogP contribution in [0.15, 0.2) is 48.5 Å². The Morgan fingerprint density at radius 1 is 1.18 bits per heavy atom. The van der Waals surface area contributed by atoms with E-state index in [4.69, 9.17) is 21.1 Å². The van der Waals surface area contributed by atoms with Crippen LogP contribution in [0.25, 0.3) is 6.08 Å². The van der Waals surface area contributed by atoms with Gasteiger partial charge in [-0.05, 0) is 48.7 Å². The van der Waals surface area contributed by atoms with Gasteiger partial charge in [-0.2, -0.15) is 0 Å². The van der Waals surface area contributed by atoms with Crippen LogP contribution in [-0.4, -0.2) is 44.2 Å². The van der Waals surface area contributed by atoms with Crippen molar-refractivity contribution >= 4 is 29.3 Å². The van der Waals surface area contributed by atoms with E-state index in [0.29, 0.717) is 23.1 Å². The molecule has 1 heterocycles. The smallest absolute Gasteiger partial charge is 0.246 e. The molecule has 0 spiro atoms. The first-order chi connectivity index (χ1) is 13.6. The van der Waals surface area contributed by atoms with E-state index in [1.165, 1.54) is 0 Å². The molecule has 0 aromatic heterocycles. The van der Waals surface area contributed by atoms with Crippen LogP contribution in [0.1, 0.15) is 18.4 Å². The maximum atomic E-state index is 12.6. The zero-order valence-corrected chi connectivity index (χ0v) is 16.9. The van der Waals surface area contributed by atoms with Gasteiger partial charge in [-0.3, -0.25) is 4.79 Å². The van der Waals surface area contributed by atoms with Crippen molar-refractivity contribution in [2.75, 3.05) is 32.6 Å². The number of carbonyl (C=O) groups is 1. The van der Waals surface area contributed by atoms with E-state index < -0.39 is 0 Å². The SMILES string of the molecule is COc1ccc(NC2CCCN(C(=O)/C=C/c3cccc(Cl)c3)C2)cc1OC. The first kappa shape index (κ1) is 20.1. The standard InChI is InChI=1S/C22H25ClN2O3/c1-27-20-10-9-18(14-21(20)28-2)24-19-7-4-12-25(15-19)22(26)11-8-16-5-3-6-17(23)13-16/h3,5-6,8-11,13-14,19,24H,4,7,12,15H2,1-2H3/b11-8+. The third-order valence-corrected chi connectivity index (χ3v) is 4.99. The third kappa shape index (κ3) is 5.20. The van der Waals surface area contributed by atoms with Gasteiger partial charge in [0.1, 0.15) is 0 Å². The molecule has 5 nitrogen and oxygen atoms in total. The van der Waals surface area contributed by atoms with Crippen LogP contribution in [0.4, 0.5) is 5.69 Å². The summed E-state index contributed by atoms with van der Waals surface area (Å²) < 4.78 is 10.6. The van der Waals surface area contributed by atoms with Gasteiger partial charge in [-0.15, -0.1) is 0 Å². The first-order valence-corrected chi connectivity index (χ1v) is 9.68. The van der Waals surface area contributed by atoms with E-state index in [1.54, 1.807) is 26.4 Å². The highest BCUT2D eigenvalue weighted by Gasteiger charge is 2.22. The van der Waals surface area contributed by atoms with Crippen LogP contribution >= 0.6 is 11.6 Å². The number of anilines is 1. The van der Waals surface area contributed by atoms with Crippen molar-refractivity contribution in [2.45, 2.75) is 18.9 Å². The number of carbonyl (C=O) groups excluding carboxylic acids is 1. The second-order valence-electron chi connectivity index (χ2n) is 6.73. The Bertz CT molecular complexity index is 853. The fraction of sp³-hybridized carbons (Fsp3) is 0.318. The number of amides is 1. The van der Waals surface area contributed by atoms with E-state index >= 15 is 0 Å². The molecular weight excluding hydrogens is 376 g/mol. The highest BCUT2D eigenvalue weighted by molar-refractivity contribution is 6.30. The van der Waals surface area contributed by atoms with E-state index in [1.807, 2.05) is 47.4 Å². The van der Waals surface area contributed by atoms with Crippen molar-refractivity contribution < 1.29 is 14.3 Å². The molecule has 1 unspecified atom stereocenters. The normalized spacial score (nSPS) is 16.8. The number of halogens is 1. The van der Waals surface area contributed by atoms with Crippen LogP contribution in [0.5, 0.6) is 11.5 Å². The first-order valence-electron chi connectivity index (χ1n) is 9.30. The molecule has 1 atom stereocenters. The number of piperidine rings is 1. The summed E-state index contributed by atoms with van der Waals surface area (Å²) in [5.74, 6) is 1.39. The summed E-state index contributed by atoms with van der Waals surface area (Å²) >= 11 is 5.99. The van der Waals surface area contributed by atoms with E-state index in [2.05, 4.69) is 5.32 Å². The molecule has 0 radical (unpaired) electrons. The number of hydrogen-bond donors (Lipinski definition) is 1. The van der Waals surface area contributed by atoms with E-state index in [9.17, 15) is 4.79 Å². The Balaban J connectivity index is 1.61. The number of methoxy groups -OCH3 is 2. The number of benzene rings is 2. The van der Waals surface area contributed by atoms with Crippen molar-refractivity contribution in [1.29, 1.82) is 0 Å². The summed E-state index contributed by atoms with van der Waals surface area (Å²) in [6, 6.07) is 13.4. The molecule has 1 amide bonds. The Labute approximate surface area is 170 Å². The number of likely N-dealkylation sites (tertiary alicyclic amines) is 1. The molecule has 3 rings (SSSR count). The molecule has 0 aliphatic carbocycles. The monoisotopic (exact) mass is 400 g/mol. The van der Waals surface area contributed by atoms with Gasteiger partial charge < -0.3 is 19.7 Å². The lowest BCUT2D eigenvalue weighted by molar-refractivity contribution is -0.126. The summed E-state index contributed by atoms with van der Waals surface area (Å²) in [5.41, 5.74) is 1.87. The van der Waals surface area contributed by atoms with Gasteiger partial charge in [-0.1, -0.05) is 23.7 Å². The minimum Gasteiger partial charge on any atom is -0.493 e. The zero-order chi connectivity index (χ0) is 19.9. The lowest BCUT2D eigenvalue weighted by Crippen LogP contribution is -2.44. The molecule has 1 fully saturated rings. The minimum atomic E-state index is 0.0128. The fourth-order valence-corrected chi connectivity index (χ4v) is 3.54. The van der Waals surface area contributed by atoms with Gasteiger partial charge in [0, 0.05) is 42.0 Å². The molecule has 1 saturated heterocycles. The molecule has 148 valence electrons. The van der Waals surface area contributed by atoms with Crippen molar-refractivity contribution in [3.8, 4) is 11.5 Å². The van der Waals surface area contributed by atoms with E-state index in [-0.39, 0.29) is 11.9 Å². The lowest BCUT2D eigenvalue weighted by Gasteiger charge is -2.33. The predicted octanol–water partition coefficient (Wildman–Crippen LogP) is 4.47. The molecule has 6 heteroatoms. The Kier molecular flexibility index (Phi) is 6.82. The summed E-state index contributed by atoms with van der Waals surface area (Å²) in [7, 11) is 3.24. The quantitative estimate of drug-likeness (QED) is 0.726. The Morgan fingerprint density at radius 3 is 2.75 bits per heavy atom. The third-order valence-electron chi connectivity index (χ3n) is 4.75. The summed E-state index contributed by atoms with van der Waals surface area (Å²) in [6.07, 6.45) is 5.39. The van der Waals surface area contributed by atoms with E-state index in [0.717, 1.165) is 30.6 Å². The summed E-state index contributed by atoms with van der Waals surface area (Å²) in [5, 5.41) is 4.16. The highest BCUT2D eigenvalue weighted by Crippen LogP contribution is 2.30. The summed E-state index contributed by atoms with van der Waals surface area (Å²) in [6.45, 7) is 1.43. The largest absolute Gasteiger partial charge is 0.493 e. The van der Waals surface area contributed by atoms with Gasteiger partial charge in [0.2, 0.25) is 5.91 Å². The number of rotatable bonds is 6. The maximum Gasteiger partial charge on any atom is 0.246 e. The minimum absolute atomic E-state index is 0.0128. The second-order valence-corrected chi connectivity index (χ2v) is 7.16. The lowest BCUT2D eigenvalue weighted by atomic mass is 10.0. The Morgan fingerprint density at radius 2 is 2.00 bits per heavy atom. The van der Waals surface area contributed by atoms with Crippen molar-refractivity contribution in [2.24, 2.45) is 0 Å². The summed E-state index contributed by atoms with van der Waals surface area (Å²) in [4.78, 5) is 14.5. The van der Waals surface area contributed by atoms with Gasteiger partial charge in [-0.25, -0.2) is 0 Å². The van der Waals surface area contributed by atoms with Gasteiger partial charge in [0.05, 0.1) is 14.2 Å². The molecule has 1 aliphatic rings. The molecular formula is C22H25ClN2O3. The van der Waals surface area contributed by atoms with Crippen LogP contribution in [-0.2, 0) is 4.79 Å². The topological polar surface area (TPSA) is 50.8 Å². The average Bonchev–Trinajstić information content (AvgIpc) is 2.72. The molecule has 1 N–H and O–H groups in total. The van der Waals surface area contributed by atoms with Crippen molar-refractivity contribution in [1.82, 2.24) is 4.90 Å². The van der Waals surface area contributed by atoms with Gasteiger partial charge in [0.15, 0.2) is 11.5 Å². The molecule has 0 saturated carbocycles. The van der Waals surface area contributed by atoms with Crippen molar-refractivity contribution in [3.63, 3.8) is 0 Å². The number of ether oxygens (including phenoxy) is 2.